The van der Waals surface area contributed by atoms with Gasteiger partial charge in [0.25, 0.3) is 0 Å². The van der Waals surface area contributed by atoms with E-state index in [1.807, 2.05) is 18.2 Å². The molecule has 0 amide bonds. The Morgan fingerprint density at radius 1 is 1.11 bits per heavy atom. The lowest BCUT2D eigenvalue weighted by Gasteiger charge is -2.06. The number of carbonyl (C=O) groups is 1. The van der Waals surface area contributed by atoms with Crippen molar-refractivity contribution in [2.45, 2.75) is 32.3 Å². The summed E-state index contributed by atoms with van der Waals surface area (Å²) in [4.78, 5) is 11.4. The Morgan fingerprint density at radius 2 is 1.95 bits per heavy atom. The van der Waals surface area contributed by atoms with Crippen LogP contribution in [0.25, 0.3) is 0 Å². The number of ether oxygens (including phenoxy) is 1. The molecule has 1 aromatic heterocycles. The Labute approximate surface area is 118 Å². The number of hydrogen-bond donors (Lipinski definition) is 0. The standard InChI is InChI=1S/C16H18O2S/c17-11-3-1-2-5-14-7-9-15(10-8-14)18-13-16-6-4-12-19-16/h4,6-12H,1-3,5,13H2. The van der Waals surface area contributed by atoms with Crippen LogP contribution in [0.15, 0.2) is 41.8 Å². The van der Waals surface area contributed by atoms with E-state index in [4.69, 9.17) is 4.74 Å². The van der Waals surface area contributed by atoms with Gasteiger partial charge in [-0.15, -0.1) is 11.3 Å². The molecular weight excluding hydrogens is 256 g/mol. The Hall–Kier alpha value is -1.61. The van der Waals surface area contributed by atoms with Crippen molar-refractivity contribution in [3.05, 3.63) is 52.2 Å². The van der Waals surface area contributed by atoms with Gasteiger partial charge in [-0.3, -0.25) is 0 Å². The molecule has 0 aliphatic heterocycles. The third kappa shape index (κ3) is 4.87. The highest BCUT2D eigenvalue weighted by molar-refractivity contribution is 7.09. The number of thiophene rings is 1. The van der Waals surface area contributed by atoms with Crippen LogP contribution in [0, 0.1) is 0 Å². The van der Waals surface area contributed by atoms with E-state index in [9.17, 15) is 4.79 Å². The van der Waals surface area contributed by atoms with E-state index in [-0.39, 0.29) is 0 Å². The summed E-state index contributed by atoms with van der Waals surface area (Å²) >= 11 is 1.71. The summed E-state index contributed by atoms with van der Waals surface area (Å²) in [6.45, 7) is 0.635. The second kappa shape index (κ2) is 7.74. The van der Waals surface area contributed by atoms with Gasteiger partial charge in [0.2, 0.25) is 0 Å². The van der Waals surface area contributed by atoms with Crippen LogP contribution in [0.4, 0.5) is 0 Å². The molecule has 2 aromatic rings. The van der Waals surface area contributed by atoms with Crippen molar-refractivity contribution < 1.29 is 9.53 Å². The van der Waals surface area contributed by atoms with Crippen LogP contribution < -0.4 is 4.74 Å². The number of aryl methyl sites for hydroxylation is 1. The molecule has 0 radical (unpaired) electrons. The minimum absolute atomic E-state index is 0.635. The predicted octanol–water partition coefficient (Wildman–Crippen LogP) is 4.24. The van der Waals surface area contributed by atoms with Crippen molar-refractivity contribution in [3.63, 3.8) is 0 Å². The summed E-state index contributed by atoms with van der Waals surface area (Å²) in [5, 5.41) is 2.06. The fraction of sp³-hybridized carbons (Fsp3) is 0.312. The number of benzene rings is 1. The highest BCUT2D eigenvalue weighted by Gasteiger charge is 1.98. The molecule has 0 atom stereocenters. The summed E-state index contributed by atoms with van der Waals surface area (Å²) in [5.41, 5.74) is 1.30. The maximum atomic E-state index is 10.2. The highest BCUT2D eigenvalue weighted by atomic mass is 32.1. The van der Waals surface area contributed by atoms with Gasteiger partial charge in [-0.05, 0) is 48.4 Å². The molecule has 0 aliphatic carbocycles. The quantitative estimate of drug-likeness (QED) is 0.531. The van der Waals surface area contributed by atoms with Crippen molar-refractivity contribution in [1.29, 1.82) is 0 Å². The minimum Gasteiger partial charge on any atom is -0.488 e. The molecule has 2 nitrogen and oxygen atoms in total. The van der Waals surface area contributed by atoms with Crippen LogP contribution in [-0.4, -0.2) is 6.29 Å². The number of carbonyl (C=O) groups excluding carboxylic acids is 1. The molecule has 1 aromatic carbocycles. The second-order valence-electron chi connectivity index (χ2n) is 4.42. The molecule has 0 fully saturated rings. The van der Waals surface area contributed by atoms with E-state index in [0.29, 0.717) is 13.0 Å². The van der Waals surface area contributed by atoms with Crippen molar-refractivity contribution in [1.82, 2.24) is 0 Å². The third-order valence-corrected chi connectivity index (χ3v) is 3.77. The fourth-order valence-corrected chi connectivity index (χ4v) is 2.47. The molecular formula is C16H18O2S. The Morgan fingerprint density at radius 3 is 2.63 bits per heavy atom. The molecule has 0 saturated heterocycles. The molecule has 0 aliphatic rings. The first-order valence-electron chi connectivity index (χ1n) is 6.56. The lowest BCUT2D eigenvalue weighted by molar-refractivity contribution is -0.107. The van der Waals surface area contributed by atoms with E-state index >= 15 is 0 Å². The van der Waals surface area contributed by atoms with Crippen molar-refractivity contribution in [3.8, 4) is 5.75 Å². The third-order valence-electron chi connectivity index (χ3n) is 2.92. The van der Waals surface area contributed by atoms with Crippen LogP contribution in [0.1, 0.15) is 29.7 Å². The van der Waals surface area contributed by atoms with Crippen LogP contribution >= 0.6 is 11.3 Å². The monoisotopic (exact) mass is 274 g/mol. The first-order chi connectivity index (χ1) is 9.38. The Kier molecular flexibility index (Phi) is 5.63. The van der Waals surface area contributed by atoms with E-state index in [1.165, 1.54) is 10.4 Å². The molecule has 3 heteroatoms. The van der Waals surface area contributed by atoms with E-state index < -0.39 is 0 Å². The van der Waals surface area contributed by atoms with Gasteiger partial charge in [-0.25, -0.2) is 0 Å². The van der Waals surface area contributed by atoms with Crippen molar-refractivity contribution in [2.75, 3.05) is 0 Å². The van der Waals surface area contributed by atoms with E-state index in [1.54, 1.807) is 11.3 Å². The topological polar surface area (TPSA) is 26.3 Å². The molecule has 0 unspecified atom stereocenters. The fourth-order valence-electron chi connectivity index (χ4n) is 1.86. The Bertz CT molecular complexity index is 474. The normalized spacial score (nSPS) is 10.3. The summed E-state index contributed by atoms with van der Waals surface area (Å²) in [6, 6.07) is 12.3. The summed E-state index contributed by atoms with van der Waals surface area (Å²) in [6.07, 6.45) is 4.72. The van der Waals surface area contributed by atoms with Crippen molar-refractivity contribution in [2.24, 2.45) is 0 Å². The van der Waals surface area contributed by atoms with E-state index in [0.717, 1.165) is 31.3 Å². The Balaban J connectivity index is 1.76. The lowest BCUT2D eigenvalue weighted by Crippen LogP contribution is -1.93. The van der Waals surface area contributed by atoms with Crippen molar-refractivity contribution >= 4 is 17.6 Å². The summed E-state index contributed by atoms with van der Waals surface area (Å²) in [7, 11) is 0. The first-order valence-corrected chi connectivity index (χ1v) is 7.44. The molecule has 0 saturated carbocycles. The molecule has 100 valence electrons. The van der Waals surface area contributed by atoms with Gasteiger partial charge < -0.3 is 9.53 Å². The van der Waals surface area contributed by atoms with Crippen LogP contribution in [-0.2, 0) is 17.8 Å². The first kappa shape index (κ1) is 13.8. The molecule has 1 heterocycles. The molecule has 0 spiro atoms. The second-order valence-corrected chi connectivity index (χ2v) is 5.46. The van der Waals surface area contributed by atoms with Gasteiger partial charge in [0.15, 0.2) is 0 Å². The zero-order valence-electron chi connectivity index (χ0n) is 10.9. The van der Waals surface area contributed by atoms with Gasteiger partial charge in [-0.1, -0.05) is 18.2 Å². The maximum Gasteiger partial charge on any atom is 0.122 e. The van der Waals surface area contributed by atoms with Gasteiger partial charge in [0.1, 0.15) is 18.6 Å². The van der Waals surface area contributed by atoms with Crippen LogP contribution in [0.3, 0.4) is 0 Å². The number of aldehydes is 1. The summed E-state index contributed by atoms with van der Waals surface area (Å²) < 4.78 is 5.71. The number of rotatable bonds is 8. The molecule has 19 heavy (non-hydrogen) atoms. The van der Waals surface area contributed by atoms with Gasteiger partial charge >= 0.3 is 0 Å². The lowest BCUT2D eigenvalue weighted by atomic mass is 10.1. The number of unbranched alkanes of at least 4 members (excludes halogenated alkanes) is 2. The maximum absolute atomic E-state index is 10.2. The largest absolute Gasteiger partial charge is 0.488 e. The molecule has 0 bridgehead atoms. The predicted molar refractivity (Wildman–Crippen MR) is 78.7 cm³/mol. The van der Waals surface area contributed by atoms with Crippen LogP contribution in [0.5, 0.6) is 5.75 Å². The SMILES string of the molecule is O=CCCCCc1ccc(OCc2cccs2)cc1. The number of hydrogen-bond acceptors (Lipinski definition) is 3. The zero-order chi connectivity index (χ0) is 13.3. The van der Waals surface area contributed by atoms with E-state index in [2.05, 4.69) is 23.6 Å². The molecule has 2 rings (SSSR count). The zero-order valence-corrected chi connectivity index (χ0v) is 11.7. The summed E-state index contributed by atoms with van der Waals surface area (Å²) in [5.74, 6) is 0.907. The van der Waals surface area contributed by atoms with Gasteiger partial charge in [0.05, 0.1) is 0 Å². The molecule has 0 N–H and O–H groups in total. The smallest absolute Gasteiger partial charge is 0.122 e. The minimum atomic E-state index is 0.635. The van der Waals surface area contributed by atoms with Gasteiger partial charge in [-0.2, -0.15) is 0 Å². The average molecular weight is 274 g/mol. The average Bonchev–Trinajstić information content (AvgIpc) is 2.96. The van der Waals surface area contributed by atoms with Gasteiger partial charge in [0, 0.05) is 11.3 Å². The van der Waals surface area contributed by atoms with Crippen LogP contribution in [0.2, 0.25) is 0 Å². The highest BCUT2D eigenvalue weighted by Crippen LogP contribution is 2.17.